The maximum Gasteiger partial charge on any atom is 0.234 e. The smallest absolute Gasteiger partial charge is 0.234 e. The Morgan fingerprint density at radius 2 is 2.07 bits per heavy atom. The molecule has 5 rings (SSSR count). The Morgan fingerprint density at radius 3 is 2.69 bits per heavy atom. The lowest BCUT2D eigenvalue weighted by Crippen LogP contribution is -2.63. The standard InChI is InChI=1S/C23H29ClN2O2S/c1-28-17-11-16(24)20-19(15-7-10-29-21(15)22(27)26-20)18(17)13-3-5-14(6-4-13)23(12-25)8-2-9-23/h3-7,10,15-21H,2,8-9,11-12,25H2,1H3,(H,26,27). The van der Waals surface area contributed by atoms with Crippen molar-refractivity contribution in [3.05, 3.63) is 46.9 Å². The van der Waals surface area contributed by atoms with Crippen molar-refractivity contribution >= 4 is 29.3 Å². The summed E-state index contributed by atoms with van der Waals surface area (Å²) in [5, 5.41) is 5.17. The monoisotopic (exact) mass is 432 g/mol. The summed E-state index contributed by atoms with van der Waals surface area (Å²) in [6.07, 6.45) is 6.64. The molecule has 6 heteroatoms. The fraction of sp³-hybridized carbons (Fsp3) is 0.609. The van der Waals surface area contributed by atoms with E-state index in [0.717, 1.165) is 6.42 Å². The number of hydrogen-bond donors (Lipinski definition) is 2. The molecule has 2 heterocycles. The lowest BCUT2D eigenvalue weighted by Gasteiger charge is -2.51. The molecule has 0 radical (unpaired) electrons. The van der Waals surface area contributed by atoms with Crippen LogP contribution in [0, 0.1) is 11.8 Å². The molecule has 1 amide bonds. The number of nitrogens with one attached hydrogen (secondary N) is 1. The van der Waals surface area contributed by atoms with Crippen molar-refractivity contribution in [2.24, 2.45) is 17.6 Å². The van der Waals surface area contributed by atoms with Crippen molar-refractivity contribution in [2.45, 2.75) is 59.8 Å². The third-order valence-corrected chi connectivity index (χ3v) is 9.46. The van der Waals surface area contributed by atoms with Gasteiger partial charge in [0, 0.05) is 36.9 Å². The van der Waals surface area contributed by atoms with E-state index in [9.17, 15) is 4.79 Å². The van der Waals surface area contributed by atoms with E-state index < -0.39 is 0 Å². The van der Waals surface area contributed by atoms with E-state index in [2.05, 4.69) is 41.1 Å². The number of ether oxygens (including phenoxy) is 1. The second-order valence-electron chi connectivity index (χ2n) is 9.09. The number of methoxy groups -OCH3 is 1. The second-order valence-corrected chi connectivity index (χ2v) is 10.7. The molecule has 7 atom stereocenters. The number of carbonyl (C=O) groups excluding carboxylic acids is 1. The van der Waals surface area contributed by atoms with Crippen LogP contribution in [-0.4, -0.2) is 42.3 Å². The summed E-state index contributed by atoms with van der Waals surface area (Å²) in [5.41, 5.74) is 8.93. The maximum atomic E-state index is 12.6. The first-order valence-electron chi connectivity index (χ1n) is 10.7. The first-order valence-corrected chi connectivity index (χ1v) is 12.1. The summed E-state index contributed by atoms with van der Waals surface area (Å²) in [5.74, 6) is 0.769. The van der Waals surface area contributed by atoms with Crippen LogP contribution in [0.15, 0.2) is 35.7 Å². The number of nitrogens with two attached hydrogens (primary N) is 1. The number of thioether (sulfide) groups is 1. The molecule has 3 fully saturated rings. The second kappa shape index (κ2) is 7.60. The minimum absolute atomic E-state index is 0.0214. The van der Waals surface area contributed by atoms with Gasteiger partial charge in [-0.3, -0.25) is 4.79 Å². The molecule has 0 bridgehead atoms. The van der Waals surface area contributed by atoms with Crippen LogP contribution < -0.4 is 11.1 Å². The molecule has 1 aromatic rings. The molecule has 4 aliphatic rings. The normalized spacial score (nSPS) is 40.0. The van der Waals surface area contributed by atoms with Gasteiger partial charge in [-0.25, -0.2) is 0 Å². The third-order valence-electron chi connectivity index (χ3n) is 7.88. The highest BCUT2D eigenvalue weighted by atomic mass is 35.5. The molecule has 4 nitrogen and oxygen atoms in total. The zero-order chi connectivity index (χ0) is 20.2. The fourth-order valence-corrected chi connectivity index (χ4v) is 7.56. The van der Waals surface area contributed by atoms with Gasteiger partial charge in [0.05, 0.1) is 16.7 Å². The molecule has 3 N–H and O–H groups in total. The number of alkyl halides is 1. The summed E-state index contributed by atoms with van der Waals surface area (Å²) in [7, 11) is 1.78. The van der Waals surface area contributed by atoms with Gasteiger partial charge in [0.2, 0.25) is 5.91 Å². The summed E-state index contributed by atoms with van der Waals surface area (Å²) in [6.45, 7) is 0.715. The Balaban J connectivity index is 1.51. The quantitative estimate of drug-likeness (QED) is 0.714. The van der Waals surface area contributed by atoms with Crippen LogP contribution in [0.25, 0.3) is 0 Å². The van der Waals surface area contributed by atoms with Crippen LogP contribution in [0.1, 0.15) is 42.7 Å². The van der Waals surface area contributed by atoms with E-state index in [1.54, 1.807) is 18.9 Å². The van der Waals surface area contributed by atoms with E-state index in [4.69, 9.17) is 22.1 Å². The molecule has 29 heavy (non-hydrogen) atoms. The predicted molar refractivity (Wildman–Crippen MR) is 118 cm³/mol. The SMILES string of the molecule is COC1CC(Cl)C2NC(=O)C3SC=CC3C2C1c1ccc(C2(CN)CCC2)cc1. The van der Waals surface area contributed by atoms with Gasteiger partial charge in [0.15, 0.2) is 0 Å². The number of benzene rings is 1. The number of amides is 1. The number of halogens is 1. The minimum atomic E-state index is -0.111. The van der Waals surface area contributed by atoms with Crippen molar-refractivity contribution < 1.29 is 9.53 Å². The van der Waals surface area contributed by atoms with Crippen molar-refractivity contribution in [3.8, 4) is 0 Å². The van der Waals surface area contributed by atoms with Gasteiger partial charge in [-0.05, 0) is 41.7 Å². The summed E-state index contributed by atoms with van der Waals surface area (Å²) in [6, 6.07) is 9.06. The van der Waals surface area contributed by atoms with Crippen molar-refractivity contribution in [1.82, 2.24) is 5.32 Å². The van der Waals surface area contributed by atoms with Crippen molar-refractivity contribution in [2.75, 3.05) is 13.7 Å². The topological polar surface area (TPSA) is 64.3 Å². The molecule has 0 spiro atoms. The van der Waals surface area contributed by atoms with Gasteiger partial charge in [-0.1, -0.05) is 36.8 Å². The lowest BCUT2D eigenvalue weighted by atomic mass is 9.62. The largest absolute Gasteiger partial charge is 0.381 e. The van der Waals surface area contributed by atoms with E-state index in [-0.39, 0.29) is 51.8 Å². The van der Waals surface area contributed by atoms with E-state index in [1.807, 2.05) is 0 Å². The number of allylic oxidation sites excluding steroid dienone is 1. The summed E-state index contributed by atoms with van der Waals surface area (Å²) in [4.78, 5) is 12.6. The molecule has 2 saturated carbocycles. The van der Waals surface area contributed by atoms with Gasteiger partial charge in [0.25, 0.3) is 0 Å². The first-order chi connectivity index (χ1) is 14.1. The maximum absolute atomic E-state index is 12.6. The lowest BCUT2D eigenvalue weighted by molar-refractivity contribution is -0.127. The molecular formula is C23H29ClN2O2S. The average molecular weight is 433 g/mol. The fourth-order valence-electron chi connectivity index (χ4n) is 6.07. The van der Waals surface area contributed by atoms with E-state index in [0.29, 0.717) is 6.54 Å². The molecular weight excluding hydrogens is 404 g/mol. The van der Waals surface area contributed by atoms with Crippen LogP contribution in [0.5, 0.6) is 0 Å². The molecule has 0 aromatic heterocycles. The number of carbonyl (C=O) groups is 1. The van der Waals surface area contributed by atoms with E-state index >= 15 is 0 Å². The minimum Gasteiger partial charge on any atom is -0.381 e. The number of rotatable bonds is 4. The predicted octanol–water partition coefficient (Wildman–Crippen LogP) is 3.54. The molecule has 1 saturated heterocycles. The van der Waals surface area contributed by atoms with Gasteiger partial charge in [-0.2, -0.15) is 0 Å². The van der Waals surface area contributed by atoms with Crippen molar-refractivity contribution in [1.29, 1.82) is 0 Å². The molecule has 2 aliphatic carbocycles. The highest BCUT2D eigenvalue weighted by molar-refractivity contribution is 8.03. The highest BCUT2D eigenvalue weighted by Gasteiger charge is 2.55. The van der Waals surface area contributed by atoms with Crippen LogP contribution in [0.4, 0.5) is 0 Å². The Hall–Kier alpha value is -1.01. The highest BCUT2D eigenvalue weighted by Crippen LogP contribution is 2.52. The van der Waals surface area contributed by atoms with Gasteiger partial charge < -0.3 is 15.8 Å². The van der Waals surface area contributed by atoms with Crippen LogP contribution in [0.2, 0.25) is 0 Å². The molecule has 2 aliphatic heterocycles. The first kappa shape index (κ1) is 19.9. The third kappa shape index (κ3) is 3.08. The van der Waals surface area contributed by atoms with Crippen LogP contribution in [-0.2, 0) is 14.9 Å². The molecule has 7 unspecified atom stereocenters. The summed E-state index contributed by atoms with van der Waals surface area (Å²) >= 11 is 8.39. The summed E-state index contributed by atoms with van der Waals surface area (Å²) < 4.78 is 5.96. The Bertz CT molecular complexity index is 804. The van der Waals surface area contributed by atoms with Crippen LogP contribution >= 0.6 is 23.4 Å². The van der Waals surface area contributed by atoms with E-state index in [1.165, 1.54) is 30.4 Å². The zero-order valence-electron chi connectivity index (χ0n) is 16.7. The Morgan fingerprint density at radius 1 is 1.31 bits per heavy atom. The Labute approximate surface area is 182 Å². The van der Waals surface area contributed by atoms with Gasteiger partial charge in [0.1, 0.15) is 0 Å². The number of piperidine rings is 1. The number of fused-ring (bicyclic) bond motifs is 3. The molecule has 1 aromatic carbocycles. The van der Waals surface area contributed by atoms with Crippen molar-refractivity contribution in [3.63, 3.8) is 0 Å². The van der Waals surface area contributed by atoms with Crippen LogP contribution in [0.3, 0.4) is 0 Å². The Kier molecular flexibility index (Phi) is 5.22. The van der Waals surface area contributed by atoms with Gasteiger partial charge in [-0.15, -0.1) is 23.4 Å². The molecule has 156 valence electrons. The average Bonchev–Trinajstić information content (AvgIpc) is 3.19. The zero-order valence-corrected chi connectivity index (χ0v) is 18.3. The number of hydrogen-bond acceptors (Lipinski definition) is 4. The van der Waals surface area contributed by atoms with Gasteiger partial charge >= 0.3 is 0 Å².